The molecule has 1 aliphatic rings. The maximum atomic E-state index is 13.3. The first kappa shape index (κ1) is 26.5. The number of hydrogen-bond donors (Lipinski definition) is 0. The summed E-state index contributed by atoms with van der Waals surface area (Å²) in [5.74, 6) is 1.57. The van der Waals surface area contributed by atoms with Crippen LogP contribution < -0.4 is 9.47 Å². The summed E-state index contributed by atoms with van der Waals surface area (Å²) in [6, 6.07) is 20.0. The third-order valence-corrected chi connectivity index (χ3v) is 8.48. The minimum atomic E-state index is -0.0789. The molecule has 5 nitrogen and oxygen atoms in total. The van der Waals surface area contributed by atoms with Gasteiger partial charge in [-0.1, -0.05) is 58.1 Å². The normalized spacial score (nSPS) is 14.6. The molecule has 3 aromatic carbocycles. The van der Waals surface area contributed by atoms with E-state index in [1.807, 2.05) is 42.5 Å². The number of ether oxygens (including phenoxy) is 2. The number of thiocarbonyl (C=S) groups is 1. The van der Waals surface area contributed by atoms with Crippen LogP contribution in [0.2, 0.25) is 0 Å². The number of carbonyl (C=O) groups is 1. The number of benzene rings is 3. The molecule has 0 saturated carbocycles. The van der Waals surface area contributed by atoms with E-state index in [1.54, 1.807) is 12.0 Å². The lowest BCUT2D eigenvalue weighted by Gasteiger charge is -2.14. The predicted molar refractivity (Wildman–Crippen MR) is 163 cm³/mol. The summed E-state index contributed by atoms with van der Waals surface area (Å²) in [5, 5.41) is 1.06. The van der Waals surface area contributed by atoms with Gasteiger partial charge in [-0.25, -0.2) is 0 Å². The van der Waals surface area contributed by atoms with Crippen LogP contribution in [0, 0.1) is 13.8 Å². The highest BCUT2D eigenvalue weighted by molar-refractivity contribution is 9.10. The van der Waals surface area contributed by atoms with Crippen molar-refractivity contribution in [3.8, 4) is 11.5 Å². The van der Waals surface area contributed by atoms with Crippen molar-refractivity contribution in [3.05, 3.63) is 98.5 Å². The molecule has 194 valence electrons. The van der Waals surface area contributed by atoms with Crippen molar-refractivity contribution in [1.82, 2.24) is 9.47 Å². The predicted octanol–water partition coefficient (Wildman–Crippen LogP) is 7.51. The van der Waals surface area contributed by atoms with Crippen LogP contribution in [-0.4, -0.2) is 33.4 Å². The average molecular weight is 608 g/mol. The molecule has 0 spiro atoms. The number of thioether (sulfide) groups is 1. The van der Waals surface area contributed by atoms with Crippen molar-refractivity contribution in [1.29, 1.82) is 0 Å². The van der Waals surface area contributed by atoms with E-state index in [2.05, 4.69) is 64.8 Å². The minimum Gasteiger partial charge on any atom is -0.497 e. The average Bonchev–Trinajstić information content (AvgIpc) is 3.37. The Hall–Kier alpha value is -3.07. The van der Waals surface area contributed by atoms with Crippen molar-refractivity contribution >= 4 is 67.1 Å². The Kier molecular flexibility index (Phi) is 7.93. The first-order valence-corrected chi connectivity index (χ1v) is 14.2. The van der Waals surface area contributed by atoms with Gasteiger partial charge in [0.15, 0.2) is 0 Å². The monoisotopic (exact) mass is 606 g/mol. The van der Waals surface area contributed by atoms with Gasteiger partial charge in [0.2, 0.25) is 0 Å². The number of rotatable bonds is 8. The van der Waals surface area contributed by atoms with Crippen LogP contribution in [0.1, 0.15) is 22.3 Å². The van der Waals surface area contributed by atoms with E-state index in [1.165, 1.54) is 22.9 Å². The lowest BCUT2D eigenvalue weighted by atomic mass is 10.1. The second kappa shape index (κ2) is 11.4. The molecule has 1 amide bonds. The highest BCUT2D eigenvalue weighted by atomic mass is 79.9. The molecule has 4 aromatic rings. The minimum absolute atomic E-state index is 0.0789. The largest absolute Gasteiger partial charge is 0.497 e. The molecule has 0 N–H and O–H groups in total. The van der Waals surface area contributed by atoms with Crippen molar-refractivity contribution in [2.24, 2.45) is 0 Å². The molecule has 1 aromatic heterocycles. The van der Waals surface area contributed by atoms with Gasteiger partial charge in [0.05, 0.1) is 25.1 Å². The maximum absolute atomic E-state index is 13.3. The van der Waals surface area contributed by atoms with Crippen LogP contribution in [-0.2, 0) is 17.9 Å². The van der Waals surface area contributed by atoms with E-state index in [-0.39, 0.29) is 5.91 Å². The van der Waals surface area contributed by atoms with Gasteiger partial charge < -0.3 is 14.0 Å². The molecule has 0 atom stereocenters. The third kappa shape index (κ3) is 5.67. The highest BCUT2D eigenvalue weighted by Gasteiger charge is 2.32. The van der Waals surface area contributed by atoms with Gasteiger partial charge >= 0.3 is 0 Å². The molecule has 0 radical (unpaired) electrons. The molecule has 0 unspecified atom stereocenters. The zero-order valence-corrected chi connectivity index (χ0v) is 24.6. The zero-order valence-electron chi connectivity index (χ0n) is 21.4. The van der Waals surface area contributed by atoms with Crippen molar-refractivity contribution < 1.29 is 14.3 Å². The molecule has 1 saturated heterocycles. The van der Waals surface area contributed by atoms with Crippen LogP contribution in [0.15, 0.2) is 76.2 Å². The van der Waals surface area contributed by atoms with E-state index >= 15 is 0 Å². The molecule has 2 heterocycles. The summed E-state index contributed by atoms with van der Waals surface area (Å²) in [6.45, 7) is 5.82. The number of methoxy groups -OCH3 is 1. The third-order valence-electron chi connectivity index (χ3n) is 6.61. The summed E-state index contributed by atoms with van der Waals surface area (Å²) in [4.78, 5) is 15.6. The lowest BCUT2D eigenvalue weighted by Crippen LogP contribution is -2.27. The molecule has 0 bridgehead atoms. The number of aromatic nitrogens is 1. The van der Waals surface area contributed by atoms with Crippen LogP contribution >= 0.6 is 39.9 Å². The number of halogens is 1. The molecule has 0 aliphatic carbocycles. The highest BCUT2D eigenvalue weighted by Crippen LogP contribution is 2.36. The quantitative estimate of drug-likeness (QED) is 0.153. The Bertz CT molecular complexity index is 1560. The van der Waals surface area contributed by atoms with Gasteiger partial charge in [-0.05, 0) is 79.1 Å². The molecule has 5 rings (SSSR count). The summed E-state index contributed by atoms with van der Waals surface area (Å²) in [7, 11) is 1.63. The fraction of sp³-hybridized carbons (Fsp3) is 0.200. The van der Waals surface area contributed by atoms with Gasteiger partial charge in [0.1, 0.15) is 22.4 Å². The lowest BCUT2D eigenvalue weighted by molar-refractivity contribution is -0.122. The Balaban J connectivity index is 1.36. The summed E-state index contributed by atoms with van der Waals surface area (Å²) in [6.07, 6.45) is 4.03. The van der Waals surface area contributed by atoms with Gasteiger partial charge in [-0.3, -0.25) is 9.69 Å². The number of hydrogen-bond acceptors (Lipinski definition) is 5. The topological polar surface area (TPSA) is 43.7 Å². The summed E-state index contributed by atoms with van der Waals surface area (Å²) >= 11 is 10.5. The zero-order chi connectivity index (χ0) is 26.8. The smallest absolute Gasteiger partial charge is 0.266 e. The number of aryl methyl sites for hydroxylation is 2. The van der Waals surface area contributed by atoms with Crippen LogP contribution in [0.4, 0.5) is 0 Å². The molecule has 1 aliphatic heterocycles. The number of fused-ring (bicyclic) bond motifs is 1. The first-order chi connectivity index (χ1) is 18.3. The van der Waals surface area contributed by atoms with Crippen LogP contribution in [0.3, 0.4) is 0 Å². The standard InChI is InChI=1S/C30H27BrN2O3S2/c1-19-4-8-25(14-20(19)2)36-13-12-32-18-22(26-16-23(31)7-11-27(26)32)15-28-29(34)33(30(37)38-28)17-21-5-9-24(35-3)10-6-21/h4-11,14-16,18H,12-13,17H2,1-3H3/b28-15-. The van der Waals surface area contributed by atoms with Crippen molar-refractivity contribution in [3.63, 3.8) is 0 Å². The Morgan fingerprint density at radius 2 is 1.76 bits per heavy atom. The summed E-state index contributed by atoms with van der Waals surface area (Å²) < 4.78 is 15.0. The van der Waals surface area contributed by atoms with Gasteiger partial charge in [0.25, 0.3) is 5.91 Å². The second-order valence-electron chi connectivity index (χ2n) is 9.15. The number of carbonyl (C=O) groups excluding carboxylic acids is 1. The molecule has 8 heteroatoms. The van der Waals surface area contributed by atoms with Gasteiger partial charge in [-0.2, -0.15) is 0 Å². The van der Waals surface area contributed by atoms with Gasteiger partial charge in [-0.15, -0.1) is 0 Å². The molecule has 38 heavy (non-hydrogen) atoms. The first-order valence-electron chi connectivity index (χ1n) is 12.2. The van der Waals surface area contributed by atoms with E-state index in [0.717, 1.165) is 38.0 Å². The SMILES string of the molecule is COc1ccc(CN2C(=O)/C(=C/c3cn(CCOc4ccc(C)c(C)c4)c4ccc(Br)cc34)SC2=S)cc1. The number of nitrogens with zero attached hydrogens (tertiary/aromatic N) is 2. The number of amides is 1. The van der Waals surface area contributed by atoms with E-state index in [4.69, 9.17) is 21.7 Å². The molecule has 1 fully saturated rings. The van der Waals surface area contributed by atoms with Gasteiger partial charge in [0, 0.05) is 27.1 Å². The van der Waals surface area contributed by atoms with E-state index in [0.29, 0.717) is 28.9 Å². The van der Waals surface area contributed by atoms with Crippen LogP contribution in [0.5, 0.6) is 11.5 Å². The van der Waals surface area contributed by atoms with E-state index < -0.39 is 0 Å². The fourth-order valence-corrected chi connectivity index (χ4v) is 5.96. The van der Waals surface area contributed by atoms with E-state index in [9.17, 15) is 4.79 Å². The molecular weight excluding hydrogens is 580 g/mol. The Labute approximate surface area is 240 Å². The fourth-order valence-electron chi connectivity index (χ4n) is 4.35. The molecular formula is C30H27BrN2O3S2. The second-order valence-corrected chi connectivity index (χ2v) is 11.7. The summed E-state index contributed by atoms with van der Waals surface area (Å²) in [5.41, 5.74) is 5.51. The van der Waals surface area contributed by atoms with Crippen molar-refractivity contribution in [2.45, 2.75) is 26.9 Å². The maximum Gasteiger partial charge on any atom is 0.266 e. The Morgan fingerprint density at radius 1 is 1.00 bits per heavy atom. The van der Waals surface area contributed by atoms with Crippen molar-refractivity contribution in [2.75, 3.05) is 13.7 Å². The Morgan fingerprint density at radius 3 is 2.50 bits per heavy atom. The van der Waals surface area contributed by atoms with Crippen LogP contribution in [0.25, 0.3) is 17.0 Å².